The highest BCUT2D eigenvalue weighted by Crippen LogP contribution is 2.60. The molecular weight excluding hydrogens is 438 g/mol. The summed E-state index contributed by atoms with van der Waals surface area (Å²) in [5.74, 6) is -1.64. The minimum Gasteiger partial charge on any atom is -0.376 e. The van der Waals surface area contributed by atoms with Crippen LogP contribution in [0, 0.1) is 11.8 Å². The molecule has 5 aliphatic rings. The van der Waals surface area contributed by atoms with E-state index in [1.54, 1.807) is 0 Å². The lowest BCUT2D eigenvalue weighted by molar-refractivity contribution is -0.147. The molecule has 5 aliphatic heterocycles. The van der Waals surface area contributed by atoms with Crippen molar-refractivity contribution in [1.82, 2.24) is 9.80 Å². The molecule has 1 N–H and O–H groups in total. The summed E-state index contributed by atoms with van der Waals surface area (Å²) >= 11 is 3.52. The van der Waals surface area contributed by atoms with Crippen LogP contribution in [0.15, 0.2) is 22.7 Å². The number of ether oxygens (including phenoxy) is 1. The van der Waals surface area contributed by atoms with Crippen molar-refractivity contribution in [2.75, 3.05) is 25.0 Å². The third kappa shape index (κ3) is 2.17. The summed E-state index contributed by atoms with van der Waals surface area (Å²) in [6.45, 7) is 1.71. The van der Waals surface area contributed by atoms with Crippen molar-refractivity contribution in [3.63, 3.8) is 0 Å². The summed E-state index contributed by atoms with van der Waals surface area (Å²) < 4.78 is 6.55. The molecule has 5 atom stereocenters. The Bertz CT molecular complexity index is 946. The van der Waals surface area contributed by atoms with Gasteiger partial charge in [0.2, 0.25) is 17.7 Å². The molecular formula is C21H22BrN3O4. The largest absolute Gasteiger partial charge is 0.376 e. The van der Waals surface area contributed by atoms with Crippen molar-refractivity contribution < 1.29 is 19.1 Å². The number of nitrogens with one attached hydrogen (secondary N) is 1. The number of likely N-dealkylation sites (tertiary alicyclic amines) is 1. The van der Waals surface area contributed by atoms with Gasteiger partial charge in [-0.05, 0) is 50.4 Å². The zero-order valence-corrected chi connectivity index (χ0v) is 17.5. The lowest BCUT2D eigenvalue weighted by Crippen LogP contribution is -2.54. The molecule has 0 aromatic heterocycles. The summed E-state index contributed by atoms with van der Waals surface area (Å²) in [7, 11) is 0. The van der Waals surface area contributed by atoms with Crippen LogP contribution in [0.25, 0.3) is 0 Å². The maximum absolute atomic E-state index is 13.6. The first-order valence-corrected chi connectivity index (χ1v) is 11.2. The summed E-state index contributed by atoms with van der Waals surface area (Å²) in [5, 5.41) is 3.00. The van der Waals surface area contributed by atoms with Crippen LogP contribution >= 0.6 is 15.9 Å². The fraction of sp³-hybridized carbons (Fsp3) is 0.571. The molecule has 4 saturated heterocycles. The zero-order chi connectivity index (χ0) is 19.9. The van der Waals surface area contributed by atoms with E-state index < -0.39 is 17.4 Å². The number of hydrogen-bond acceptors (Lipinski definition) is 5. The van der Waals surface area contributed by atoms with Crippen LogP contribution in [0.5, 0.6) is 0 Å². The molecule has 3 amide bonds. The second kappa shape index (κ2) is 6.12. The van der Waals surface area contributed by atoms with Gasteiger partial charge in [-0.3, -0.25) is 24.2 Å². The number of carbonyl (C=O) groups excluding carboxylic acids is 3. The second-order valence-electron chi connectivity index (χ2n) is 8.74. The van der Waals surface area contributed by atoms with Crippen LogP contribution in [0.2, 0.25) is 0 Å². The third-order valence-corrected chi connectivity index (χ3v) is 7.95. The van der Waals surface area contributed by atoms with Gasteiger partial charge in [-0.2, -0.15) is 0 Å². The highest BCUT2D eigenvalue weighted by atomic mass is 79.9. The van der Waals surface area contributed by atoms with Gasteiger partial charge in [0.15, 0.2) is 0 Å². The van der Waals surface area contributed by atoms with Gasteiger partial charge in [0.25, 0.3) is 0 Å². The Morgan fingerprint density at radius 2 is 2.03 bits per heavy atom. The molecule has 4 fully saturated rings. The molecule has 152 valence electrons. The molecule has 8 heteroatoms. The predicted molar refractivity (Wildman–Crippen MR) is 107 cm³/mol. The molecule has 7 nitrogen and oxygen atoms in total. The van der Waals surface area contributed by atoms with Crippen molar-refractivity contribution in [3.8, 4) is 0 Å². The SMILES string of the molecule is O=C1[C@@H]2[C@H]3CCCN3[C@]3(C(=O)Nc4ccc(Br)cc43)[C@@H]2C(=O)N1C[C@@H]1CCCO1. The van der Waals surface area contributed by atoms with Gasteiger partial charge in [-0.1, -0.05) is 15.9 Å². The number of carbonyl (C=O) groups is 3. The van der Waals surface area contributed by atoms with E-state index in [2.05, 4.69) is 26.1 Å². The molecule has 6 rings (SSSR count). The number of anilines is 1. The van der Waals surface area contributed by atoms with Crippen molar-refractivity contribution in [2.24, 2.45) is 11.8 Å². The van der Waals surface area contributed by atoms with Gasteiger partial charge in [0.1, 0.15) is 5.54 Å². The molecule has 1 spiro atoms. The van der Waals surface area contributed by atoms with Crippen molar-refractivity contribution in [1.29, 1.82) is 0 Å². The van der Waals surface area contributed by atoms with Crippen molar-refractivity contribution in [2.45, 2.75) is 43.4 Å². The van der Waals surface area contributed by atoms with E-state index in [-0.39, 0.29) is 29.9 Å². The summed E-state index contributed by atoms with van der Waals surface area (Å²) in [6, 6.07) is 5.63. The first-order chi connectivity index (χ1) is 14.0. The Morgan fingerprint density at radius 1 is 1.17 bits per heavy atom. The fourth-order valence-corrected chi connectivity index (χ4v) is 6.77. The Morgan fingerprint density at radius 3 is 2.83 bits per heavy atom. The van der Waals surface area contributed by atoms with Gasteiger partial charge in [-0.15, -0.1) is 0 Å². The highest BCUT2D eigenvalue weighted by Gasteiger charge is 2.74. The molecule has 0 unspecified atom stereocenters. The van der Waals surface area contributed by atoms with Crippen molar-refractivity contribution in [3.05, 3.63) is 28.2 Å². The monoisotopic (exact) mass is 459 g/mol. The Labute approximate surface area is 176 Å². The van der Waals surface area contributed by atoms with Crippen molar-refractivity contribution >= 4 is 39.3 Å². The summed E-state index contributed by atoms with van der Waals surface area (Å²) in [5.41, 5.74) is 0.460. The average Bonchev–Trinajstić information content (AvgIpc) is 3.47. The molecule has 0 bridgehead atoms. The van der Waals surface area contributed by atoms with Crippen LogP contribution < -0.4 is 5.32 Å². The Hall–Kier alpha value is -1.77. The lowest BCUT2D eigenvalue weighted by Gasteiger charge is -2.37. The van der Waals surface area contributed by atoms with Crippen LogP contribution in [0.1, 0.15) is 31.2 Å². The second-order valence-corrected chi connectivity index (χ2v) is 9.65. The molecule has 29 heavy (non-hydrogen) atoms. The normalized spacial score (nSPS) is 38.1. The summed E-state index contributed by atoms with van der Waals surface area (Å²) in [6.07, 6.45) is 3.50. The minimum atomic E-state index is -1.09. The number of rotatable bonds is 2. The Balaban J connectivity index is 1.48. The van der Waals surface area contributed by atoms with Gasteiger partial charge in [-0.25, -0.2) is 0 Å². The molecule has 1 aromatic carbocycles. The predicted octanol–water partition coefficient (Wildman–Crippen LogP) is 1.85. The van der Waals surface area contributed by atoms with E-state index in [0.717, 1.165) is 48.0 Å². The van der Waals surface area contributed by atoms with Crippen LogP contribution in [-0.2, 0) is 24.7 Å². The number of nitrogens with zero attached hydrogens (tertiary/aromatic N) is 2. The standard InChI is InChI=1S/C21H22BrN3O4/c22-11-5-6-14-13(9-11)21(20(28)23-14)17-16(15-4-1-7-25(15)21)18(26)24(19(17)27)10-12-3-2-8-29-12/h5-6,9,12,15-17H,1-4,7-8,10H2,(H,23,28)/t12-,15+,16+,17-,21-/m0/s1. The van der Waals surface area contributed by atoms with Gasteiger partial charge in [0.05, 0.1) is 24.5 Å². The Kier molecular flexibility index (Phi) is 3.81. The van der Waals surface area contributed by atoms with E-state index in [4.69, 9.17) is 4.74 Å². The first kappa shape index (κ1) is 18.0. The maximum Gasteiger partial charge on any atom is 0.250 e. The van der Waals surface area contributed by atoms with Crippen LogP contribution in [0.3, 0.4) is 0 Å². The number of fused-ring (bicyclic) bond motifs is 7. The third-order valence-electron chi connectivity index (χ3n) is 7.46. The van der Waals surface area contributed by atoms with Gasteiger partial charge in [0, 0.05) is 28.4 Å². The highest BCUT2D eigenvalue weighted by molar-refractivity contribution is 9.10. The van der Waals surface area contributed by atoms with Crippen LogP contribution in [0.4, 0.5) is 5.69 Å². The molecule has 1 aromatic rings. The smallest absolute Gasteiger partial charge is 0.250 e. The lowest BCUT2D eigenvalue weighted by atomic mass is 9.75. The number of benzene rings is 1. The molecule has 0 saturated carbocycles. The molecule has 5 heterocycles. The number of amides is 3. The topological polar surface area (TPSA) is 79.0 Å². The first-order valence-electron chi connectivity index (χ1n) is 10.4. The fourth-order valence-electron chi connectivity index (χ4n) is 6.41. The quantitative estimate of drug-likeness (QED) is 0.682. The van der Waals surface area contributed by atoms with E-state index in [1.165, 1.54) is 4.90 Å². The van der Waals surface area contributed by atoms with Gasteiger partial charge < -0.3 is 10.1 Å². The average molecular weight is 460 g/mol. The molecule has 0 radical (unpaired) electrons. The van der Waals surface area contributed by atoms with E-state index in [1.807, 2.05) is 18.2 Å². The summed E-state index contributed by atoms with van der Waals surface area (Å²) in [4.78, 5) is 44.1. The van der Waals surface area contributed by atoms with E-state index in [0.29, 0.717) is 13.2 Å². The van der Waals surface area contributed by atoms with Crippen LogP contribution in [-0.4, -0.2) is 59.4 Å². The van der Waals surface area contributed by atoms with Gasteiger partial charge >= 0.3 is 0 Å². The van der Waals surface area contributed by atoms with E-state index in [9.17, 15) is 14.4 Å². The number of hydrogen-bond donors (Lipinski definition) is 1. The molecule has 0 aliphatic carbocycles. The zero-order valence-electron chi connectivity index (χ0n) is 15.9. The number of imide groups is 1. The van der Waals surface area contributed by atoms with E-state index >= 15 is 0 Å². The minimum absolute atomic E-state index is 0.0679. The maximum atomic E-state index is 13.6. The number of halogens is 1.